The number of nitrogens with one attached hydrogen (secondary N) is 1. The zero-order valence-electron chi connectivity index (χ0n) is 20.2. The fourth-order valence-corrected chi connectivity index (χ4v) is 3.62. The van der Waals surface area contributed by atoms with Gasteiger partial charge in [-0.25, -0.2) is 4.79 Å². The van der Waals surface area contributed by atoms with Crippen LogP contribution in [0, 0.1) is 21.4 Å². The Morgan fingerprint density at radius 1 is 1.26 bits per heavy atom. The lowest BCUT2D eigenvalue weighted by molar-refractivity contribution is -0.386. The number of rotatable bonds is 7. The summed E-state index contributed by atoms with van der Waals surface area (Å²) in [7, 11) is 0. The zero-order valence-corrected chi connectivity index (χ0v) is 20.2. The first-order valence-electron chi connectivity index (χ1n) is 11.5. The van der Waals surface area contributed by atoms with Crippen LogP contribution in [0.3, 0.4) is 0 Å². The Balaban J connectivity index is 1.56. The lowest BCUT2D eigenvalue weighted by atomic mass is 10.1. The van der Waals surface area contributed by atoms with Crippen molar-refractivity contribution in [2.75, 3.05) is 25.0 Å². The average Bonchev–Trinajstić information content (AvgIpc) is 2.82. The van der Waals surface area contributed by atoms with E-state index in [-0.39, 0.29) is 23.6 Å². The Kier molecular flexibility index (Phi) is 8.31. The van der Waals surface area contributed by atoms with Gasteiger partial charge in [-0.05, 0) is 50.6 Å². The maximum Gasteiger partial charge on any atom is 0.410 e. The Bertz CT molecular complexity index is 1130. The number of nitrogens with zero attached hydrogens (tertiary/aromatic N) is 3. The van der Waals surface area contributed by atoms with Crippen LogP contribution in [0.2, 0.25) is 0 Å². The van der Waals surface area contributed by atoms with Gasteiger partial charge in [0.25, 0.3) is 0 Å². The van der Waals surface area contributed by atoms with Gasteiger partial charge in [-0.1, -0.05) is 24.3 Å². The van der Waals surface area contributed by atoms with Crippen molar-refractivity contribution in [2.24, 2.45) is 0 Å². The summed E-state index contributed by atoms with van der Waals surface area (Å²) in [4.78, 5) is 25.1. The summed E-state index contributed by atoms with van der Waals surface area (Å²) in [6.07, 6.45) is 4.30. The topological polar surface area (TPSA) is 118 Å². The SMILES string of the molecule is CC(C)(C)OC(=O)N1CCC(Oc2ccc(NCC=Cc3cccc(C#N)c3)cc2[N+](=O)[O-])CC1. The second kappa shape index (κ2) is 11.4. The van der Waals surface area contributed by atoms with E-state index in [2.05, 4.69) is 11.4 Å². The van der Waals surface area contributed by atoms with E-state index >= 15 is 0 Å². The molecule has 1 fully saturated rings. The van der Waals surface area contributed by atoms with Gasteiger partial charge < -0.3 is 19.7 Å². The number of nitro benzene ring substituents is 1. The lowest BCUT2D eigenvalue weighted by Gasteiger charge is -2.33. The van der Waals surface area contributed by atoms with E-state index in [4.69, 9.17) is 14.7 Å². The molecule has 9 heteroatoms. The highest BCUT2D eigenvalue weighted by molar-refractivity contribution is 5.68. The van der Waals surface area contributed by atoms with Crippen LogP contribution in [0.25, 0.3) is 6.08 Å². The molecule has 35 heavy (non-hydrogen) atoms. The second-order valence-electron chi connectivity index (χ2n) is 9.24. The minimum atomic E-state index is -0.556. The molecule has 2 aromatic rings. The van der Waals surface area contributed by atoms with Crippen molar-refractivity contribution in [3.8, 4) is 11.8 Å². The molecule has 1 saturated heterocycles. The van der Waals surface area contributed by atoms with Gasteiger partial charge >= 0.3 is 11.8 Å². The summed E-state index contributed by atoms with van der Waals surface area (Å²) in [5.41, 5.74) is 1.41. The molecule has 184 valence electrons. The third kappa shape index (κ3) is 7.74. The van der Waals surface area contributed by atoms with Gasteiger partial charge in [0.1, 0.15) is 11.7 Å². The number of carbonyl (C=O) groups is 1. The molecule has 0 spiro atoms. The second-order valence-corrected chi connectivity index (χ2v) is 9.24. The molecule has 0 unspecified atom stereocenters. The predicted octanol–water partition coefficient (Wildman–Crippen LogP) is 5.37. The minimum absolute atomic E-state index is 0.115. The van der Waals surface area contributed by atoms with Crippen molar-refractivity contribution < 1.29 is 19.2 Å². The Hall–Kier alpha value is -4.06. The highest BCUT2D eigenvalue weighted by atomic mass is 16.6. The van der Waals surface area contributed by atoms with Gasteiger partial charge in [-0.2, -0.15) is 5.26 Å². The van der Waals surface area contributed by atoms with Gasteiger partial charge in [-0.15, -0.1) is 0 Å². The van der Waals surface area contributed by atoms with Crippen LogP contribution in [0.5, 0.6) is 5.75 Å². The number of hydrogen-bond acceptors (Lipinski definition) is 7. The standard InChI is InChI=1S/C26H30N4O5/c1-26(2,3)35-25(31)29-14-11-22(12-15-29)34-24-10-9-21(17-23(24)30(32)33)28-13-5-8-19-6-4-7-20(16-19)18-27/h4-10,16-17,22,28H,11-15H2,1-3H3. The average molecular weight is 479 g/mol. The molecule has 3 rings (SSSR count). The predicted molar refractivity (Wildman–Crippen MR) is 133 cm³/mol. The van der Waals surface area contributed by atoms with E-state index in [0.29, 0.717) is 43.7 Å². The molecule has 0 saturated carbocycles. The normalized spacial score (nSPS) is 14.4. The number of likely N-dealkylation sites (tertiary alicyclic amines) is 1. The quantitative estimate of drug-likeness (QED) is 0.420. The number of hydrogen-bond donors (Lipinski definition) is 1. The molecule has 1 aliphatic rings. The molecule has 0 bridgehead atoms. The number of nitriles is 1. The number of anilines is 1. The summed E-state index contributed by atoms with van der Waals surface area (Å²) in [6, 6.07) is 14.1. The summed E-state index contributed by atoms with van der Waals surface area (Å²) in [6.45, 7) is 6.86. The zero-order chi connectivity index (χ0) is 25.4. The Labute approximate surface area is 205 Å². The number of ether oxygens (including phenoxy) is 2. The molecule has 1 amide bonds. The van der Waals surface area contributed by atoms with E-state index in [1.807, 2.05) is 45.1 Å². The molecular weight excluding hydrogens is 448 g/mol. The number of carbonyl (C=O) groups excluding carboxylic acids is 1. The van der Waals surface area contributed by atoms with Crippen LogP contribution in [-0.4, -0.2) is 47.3 Å². The maximum absolute atomic E-state index is 12.2. The molecule has 0 aliphatic carbocycles. The summed E-state index contributed by atoms with van der Waals surface area (Å²) < 4.78 is 11.4. The number of amides is 1. The fraction of sp³-hybridized carbons (Fsp3) is 0.385. The molecule has 0 aromatic heterocycles. The van der Waals surface area contributed by atoms with Crippen molar-refractivity contribution in [1.29, 1.82) is 5.26 Å². The van der Waals surface area contributed by atoms with Crippen molar-refractivity contribution in [1.82, 2.24) is 4.90 Å². The molecule has 1 N–H and O–H groups in total. The van der Waals surface area contributed by atoms with Crippen LogP contribution in [0.1, 0.15) is 44.7 Å². The highest BCUT2D eigenvalue weighted by Gasteiger charge is 2.29. The first-order chi connectivity index (χ1) is 16.6. The van der Waals surface area contributed by atoms with Crippen molar-refractivity contribution in [3.63, 3.8) is 0 Å². The lowest BCUT2D eigenvalue weighted by Crippen LogP contribution is -2.44. The molecule has 0 atom stereocenters. The number of benzene rings is 2. The third-order valence-electron chi connectivity index (χ3n) is 5.29. The summed E-state index contributed by atoms with van der Waals surface area (Å²) >= 11 is 0. The van der Waals surface area contributed by atoms with E-state index in [9.17, 15) is 14.9 Å². The van der Waals surface area contributed by atoms with Crippen molar-refractivity contribution >= 4 is 23.5 Å². The minimum Gasteiger partial charge on any atom is -0.483 e. The number of piperidine rings is 1. The first kappa shape index (κ1) is 25.6. The molecule has 9 nitrogen and oxygen atoms in total. The van der Waals surface area contributed by atoms with Gasteiger partial charge in [-0.3, -0.25) is 10.1 Å². The summed E-state index contributed by atoms with van der Waals surface area (Å²) in [5, 5.41) is 23.8. The van der Waals surface area contributed by atoms with E-state index in [1.165, 1.54) is 6.07 Å². The van der Waals surface area contributed by atoms with Crippen LogP contribution < -0.4 is 10.1 Å². The monoisotopic (exact) mass is 478 g/mol. The van der Waals surface area contributed by atoms with E-state index in [0.717, 1.165) is 5.56 Å². The number of nitro groups is 1. The largest absolute Gasteiger partial charge is 0.483 e. The Morgan fingerprint density at radius 2 is 2.00 bits per heavy atom. The summed E-state index contributed by atoms with van der Waals surface area (Å²) in [5.74, 6) is 0.208. The molecule has 1 aliphatic heterocycles. The van der Waals surface area contributed by atoms with Crippen molar-refractivity contribution in [2.45, 2.75) is 45.3 Å². The van der Waals surface area contributed by atoms with Crippen LogP contribution in [0.4, 0.5) is 16.2 Å². The van der Waals surface area contributed by atoms with Crippen molar-refractivity contribution in [3.05, 3.63) is 69.8 Å². The first-order valence-corrected chi connectivity index (χ1v) is 11.5. The van der Waals surface area contributed by atoms with Crippen LogP contribution in [-0.2, 0) is 4.74 Å². The third-order valence-corrected chi connectivity index (χ3v) is 5.29. The van der Waals surface area contributed by atoms with Gasteiger partial charge in [0.05, 0.1) is 16.6 Å². The molecular formula is C26H30N4O5. The van der Waals surface area contributed by atoms with E-state index < -0.39 is 10.5 Å². The van der Waals surface area contributed by atoms with Gasteiger partial charge in [0, 0.05) is 44.2 Å². The van der Waals surface area contributed by atoms with E-state index in [1.54, 1.807) is 29.2 Å². The molecule has 2 aromatic carbocycles. The maximum atomic E-state index is 12.2. The van der Waals surface area contributed by atoms with Gasteiger partial charge in [0.15, 0.2) is 5.75 Å². The smallest absolute Gasteiger partial charge is 0.410 e. The van der Waals surface area contributed by atoms with Gasteiger partial charge in [0.2, 0.25) is 0 Å². The van der Waals surface area contributed by atoms with Crippen LogP contribution >= 0.6 is 0 Å². The fourth-order valence-electron chi connectivity index (χ4n) is 3.62. The molecule has 0 radical (unpaired) electrons. The highest BCUT2D eigenvalue weighted by Crippen LogP contribution is 2.32. The Morgan fingerprint density at radius 3 is 2.66 bits per heavy atom. The molecule has 1 heterocycles. The van der Waals surface area contributed by atoms with Crippen LogP contribution in [0.15, 0.2) is 48.5 Å².